The number of nitrogens with one attached hydrogen (secondary N) is 4. The fourth-order valence-corrected chi connectivity index (χ4v) is 10.5. The summed E-state index contributed by atoms with van der Waals surface area (Å²) in [5.41, 5.74) is 3.67. The Morgan fingerprint density at radius 1 is 0.821 bits per heavy atom. The summed E-state index contributed by atoms with van der Waals surface area (Å²) in [5, 5.41) is 12.4. The van der Waals surface area contributed by atoms with Gasteiger partial charge in [-0.05, 0) is 135 Å². The monoisotopic (exact) mass is 908 g/mol. The number of aromatic nitrogens is 1. The van der Waals surface area contributed by atoms with Crippen LogP contribution >= 0.6 is 0 Å². The molecule has 67 heavy (non-hydrogen) atoms. The highest BCUT2D eigenvalue weighted by Crippen LogP contribution is 2.48. The summed E-state index contributed by atoms with van der Waals surface area (Å²) in [6.07, 6.45) is 8.14. The topological polar surface area (TPSA) is 157 Å². The lowest BCUT2D eigenvalue weighted by Gasteiger charge is -2.39. The van der Waals surface area contributed by atoms with Gasteiger partial charge in [-0.15, -0.1) is 0 Å². The van der Waals surface area contributed by atoms with Crippen molar-refractivity contribution in [1.82, 2.24) is 20.1 Å². The van der Waals surface area contributed by atoms with E-state index in [1.165, 1.54) is 30.7 Å². The van der Waals surface area contributed by atoms with Crippen LogP contribution in [0.4, 0.5) is 27.1 Å². The molecule has 4 amide bonds. The van der Waals surface area contributed by atoms with Gasteiger partial charge in [-0.1, -0.05) is 12.1 Å². The van der Waals surface area contributed by atoms with Crippen LogP contribution in [0.3, 0.4) is 0 Å². The van der Waals surface area contributed by atoms with E-state index in [0.717, 1.165) is 98.7 Å². The van der Waals surface area contributed by atoms with E-state index in [9.17, 15) is 23.6 Å². The van der Waals surface area contributed by atoms with Crippen molar-refractivity contribution < 1.29 is 33.0 Å². The Morgan fingerprint density at radius 3 is 2.15 bits per heavy atom. The number of methoxy groups -OCH3 is 1. The normalized spacial score (nSPS) is 21.5. The molecule has 3 atom stereocenters. The molecule has 4 N–H and O–H groups in total. The fourth-order valence-electron chi connectivity index (χ4n) is 10.5. The van der Waals surface area contributed by atoms with Gasteiger partial charge in [0.15, 0.2) is 0 Å². The van der Waals surface area contributed by atoms with Gasteiger partial charge in [0.2, 0.25) is 23.6 Å². The van der Waals surface area contributed by atoms with Gasteiger partial charge in [-0.3, -0.25) is 39.3 Å². The molecule has 14 nitrogen and oxygen atoms in total. The zero-order chi connectivity index (χ0) is 46.1. The van der Waals surface area contributed by atoms with Crippen molar-refractivity contribution in [1.29, 1.82) is 0 Å². The molecule has 0 radical (unpaired) electrons. The number of ether oxygens (including phenoxy) is 2. The number of anilines is 4. The van der Waals surface area contributed by atoms with Crippen molar-refractivity contribution in [3.63, 3.8) is 0 Å². The predicted molar refractivity (Wildman–Crippen MR) is 255 cm³/mol. The van der Waals surface area contributed by atoms with Crippen molar-refractivity contribution in [2.75, 3.05) is 73.8 Å². The number of fused-ring (bicyclic) bond motifs is 3. The number of nitrogens with zero attached hydrogens (tertiary/aromatic N) is 4. The highest BCUT2D eigenvalue weighted by atomic mass is 19.1. The summed E-state index contributed by atoms with van der Waals surface area (Å²) in [6, 6.07) is 27.8. The van der Waals surface area contributed by atoms with Crippen LogP contribution in [-0.4, -0.2) is 103 Å². The molecule has 1 unspecified atom stereocenters. The Kier molecular flexibility index (Phi) is 12.5. The number of amides is 4. The molecule has 1 aromatic heterocycles. The van der Waals surface area contributed by atoms with Crippen molar-refractivity contribution in [3.8, 4) is 17.2 Å². The third-order valence-electron chi connectivity index (χ3n) is 14.5. The summed E-state index contributed by atoms with van der Waals surface area (Å²) >= 11 is 0. The molecule has 5 aromatic rings. The first kappa shape index (κ1) is 44.3. The maximum absolute atomic E-state index is 13.3. The second-order valence-corrected chi connectivity index (χ2v) is 18.8. The molecule has 10 rings (SSSR count). The van der Waals surface area contributed by atoms with Crippen molar-refractivity contribution >= 4 is 57.3 Å². The molecular weight excluding hydrogens is 852 g/mol. The average Bonchev–Trinajstić information content (AvgIpc) is 3.95. The first-order valence-electron chi connectivity index (χ1n) is 23.6. The highest BCUT2D eigenvalue weighted by Gasteiger charge is 2.56. The molecule has 5 heterocycles. The number of hydrogen-bond donors (Lipinski definition) is 4. The molecule has 4 aliphatic heterocycles. The predicted octanol–water partition coefficient (Wildman–Crippen LogP) is 7.53. The molecule has 5 aliphatic rings. The van der Waals surface area contributed by atoms with Gasteiger partial charge in [-0.25, -0.2) is 4.39 Å². The summed E-state index contributed by atoms with van der Waals surface area (Å²) < 4.78 is 25.7. The van der Waals surface area contributed by atoms with Gasteiger partial charge in [0.25, 0.3) is 0 Å². The van der Waals surface area contributed by atoms with Gasteiger partial charge in [0.05, 0.1) is 24.2 Å². The van der Waals surface area contributed by atoms with E-state index in [4.69, 9.17) is 14.5 Å². The number of halogens is 1. The molecule has 2 bridgehead atoms. The van der Waals surface area contributed by atoms with Crippen molar-refractivity contribution in [3.05, 3.63) is 109 Å². The Morgan fingerprint density at radius 2 is 1.49 bits per heavy atom. The van der Waals surface area contributed by atoms with Crippen molar-refractivity contribution in [2.24, 2.45) is 11.3 Å². The summed E-state index contributed by atoms with van der Waals surface area (Å²) in [7, 11) is 1.70. The molecule has 0 spiro atoms. The summed E-state index contributed by atoms with van der Waals surface area (Å²) in [5.74, 6) is 0.800. The Balaban J connectivity index is 0.674. The Labute approximate surface area is 389 Å². The molecule has 1 saturated carbocycles. The number of carbonyl (C=O) groups is 4. The standard InChI is InChI=1S/C52H57FN8O6/c1-66-47-28-43-44(55-23-17-46(43)67-41-13-11-38(12-14-41)57-51(65)52(20-21-52)50(64)56-37-9-5-35(53)6-10-37)29-45(47)59-25-18-33(19-26-59)30-61-32-39-27-40(61)31-60(39)24-2-22-54-36-7-3-34(4-8-36)42-15-16-48(62)58-49(42)63/h3-14,17,23,28-29,33,39-40,42,54H,2,15-16,18-22,24-27,30-32H2,1H3,(H,56,64)(H,57,65)(H,58,62,63)/t39-,40-,42?/m0/s1. The highest BCUT2D eigenvalue weighted by molar-refractivity contribution is 6.17. The maximum Gasteiger partial charge on any atom is 0.240 e. The van der Waals surface area contributed by atoms with E-state index in [2.05, 4.69) is 42.0 Å². The minimum atomic E-state index is -1.16. The van der Waals surface area contributed by atoms with Gasteiger partial charge in [0, 0.05) is 93.0 Å². The quantitative estimate of drug-likeness (QED) is 0.0441. The molecule has 1 aliphatic carbocycles. The second kappa shape index (κ2) is 19.0. The number of rotatable bonds is 16. The van der Waals surface area contributed by atoms with Crippen LogP contribution in [0.2, 0.25) is 0 Å². The maximum atomic E-state index is 13.3. The van der Waals surface area contributed by atoms with Gasteiger partial charge >= 0.3 is 0 Å². The number of piperazine rings is 1. The van der Waals surface area contributed by atoms with E-state index >= 15 is 0 Å². The van der Waals surface area contributed by atoms with Gasteiger partial charge in [-0.2, -0.15) is 0 Å². The van der Waals surface area contributed by atoms with Crippen LogP contribution in [0.1, 0.15) is 62.8 Å². The number of carbonyl (C=O) groups excluding carboxylic acids is 4. The minimum Gasteiger partial charge on any atom is -0.495 e. The number of hydrogen-bond acceptors (Lipinski definition) is 11. The number of imide groups is 1. The number of pyridine rings is 1. The fraction of sp³-hybridized carbons (Fsp3) is 0.404. The number of piperidine rings is 2. The summed E-state index contributed by atoms with van der Waals surface area (Å²) in [6.45, 7) is 7.33. The minimum absolute atomic E-state index is 0.187. The Bertz CT molecular complexity index is 2630. The van der Waals surface area contributed by atoms with Crippen LogP contribution in [0.25, 0.3) is 10.9 Å². The lowest BCUT2D eigenvalue weighted by molar-refractivity contribution is -0.134. The van der Waals surface area contributed by atoms with E-state index < -0.39 is 17.1 Å². The first-order chi connectivity index (χ1) is 32.6. The van der Waals surface area contributed by atoms with Crippen LogP contribution in [-0.2, 0) is 19.2 Å². The van der Waals surface area contributed by atoms with Crippen LogP contribution in [0.15, 0.2) is 97.2 Å². The second-order valence-electron chi connectivity index (χ2n) is 18.8. The van der Waals surface area contributed by atoms with Crippen LogP contribution < -0.4 is 35.6 Å². The Hall–Kier alpha value is -6.58. The average molecular weight is 909 g/mol. The molecule has 4 aromatic carbocycles. The molecule has 5 fully saturated rings. The van der Waals surface area contributed by atoms with E-state index in [1.807, 2.05) is 36.4 Å². The van der Waals surface area contributed by atoms with Crippen LogP contribution in [0.5, 0.6) is 17.2 Å². The van der Waals surface area contributed by atoms with Gasteiger partial charge in [0.1, 0.15) is 28.5 Å². The van der Waals surface area contributed by atoms with E-state index in [-0.39, 0.29) is 23.6 Å². The third-order valence-corrected chi connectivity index (χ3v) is 14.5. The van der Waals surface area contributed by atoms with Crippen molar-refractivity contribution in [2.45, 2.75) is 69.4 Å². The molecule has 348 valence electrons. The SMILES string of the molecule is COc1cc2c(Oc3ccc(NC(=O)C4(C(=O)Nc5ccc(F)cc5)CC4)cc3)ccnc2cc1N1CCC(CN2C[C@@H]3C[C@H]2CN3CCCNc2ccc(C3CCC(=O)NC3=O)cc2)CC1. The molecular formula is C52H57FN8O6. The summed E-state index contributed by atoms with van der Waals surface area (Å²) in [4.78, 5) is 62.6. The lowest BCUT2D eigenvalue weighted by Crippen LogP contribution is -2.49. The number of likely N-dealkylation sites (tertiary alicyclic amines) is 2. The van der Waals surface area contributed by atoms with E-state index in [0.29, 0.717) is 66.6 Å². The van der Waals surface area contributed by atoms with Gasteiger partial charge < -0.3 is 30.3 Å². The van der Waals surface area contributed by atoms with E-state index in [1.54, 1.807) is 37.6 Å². The molecule has 4 saturated heterocycles. The first-order valence-corrected chi connectivity index (χ1v) is 23.6. The number of benzene rings is 4. The zero-order valence-corrected chi connectivity index (χ0v) is 37.8. The van der Waals surface area contributed by atoms with Crippen LogP contribution in [0, 0.1) is 17.2 Å². The third kappa shape index (κ3) is 9.66. The lowest BCUT2D eigenvalue weighted by atomic mass is 9.90. The smallest absolute Gasteiger partial charge is 0.240 e. The largest absolute Gasteiger partial charge is 0.495 e. The molecule has 15 heteroatoms. The zero-order valence-electron chi connectivity index (χ0n) is 37.8.